The molecule has 0 amide bonds. The third-order valence-corrected chi connectivity index (χ3v) is 14.6. The second-order valence-corrected chi connectivity index (χ2v) is 19.0. The van der Waals surface area contributed by atoms with Crippen molar-refractivity contribution in [1.29, 1.82) is 10.5 Å². The Morgan fingerprint density at radius 1 is 0.316 bits per heavy atom. The van der Waals surface area contributed by atoms with E-state index < -0.39 is 11.7 Å². The molecule has 76 heavy (non-hydrogen) atoms. The van der Waals surface area contributed by atoms with E-state index in [-0.39, 0.29) is 16.7 Å². The number of rotatable bonds is 8. The Balaban J connectivity index is 1.14. The SMILES string of the molecule is N#Cc1ccc(-c2ccc(-n3c4ccc(-c5ccccc5)cc4c4cc(-c5ccccc5)ccc43)c(-c3c(C#N)cccc3-n3c4ccc(-c5ccccc5)cc4c4cc(-c5ccccc5)ccc43)c2)c(C(F)(F)F)c1. The molecule has 0 aliphatic heterocycles. The van der Waals surface area contributed by atoms with E-state index in [2.05, 4.69) is 137 Å². The average Bonchev–Trinajstić information content (AvgIpc) is 3.99. The van der Waals surface area contributed by atoms with Crippen LogP contribution in [0.15, 0.2) is 249 Å². The van der Waals surface area contributed by atoms with Crippen LogP contribution in [0.2, 0.25) is 0 Å². The third kappa shape index (κ3) is 7.78. The molecule has 0 saturated heterocycles. The lowest BCUT2D eigenvalue weighted by Gasteiger charge is -2.21. The first-order valence-corrected chi connectivity index (χ1v) is 24.9. The van der Waals surface area contributed by atoms with Gasteiger partial charge in [-0.1, -0.05) is 164 Å². The van der Waals surface area contributed by atoms with E-state index in [1.165, 1.54) is 12.1 Å². The van der Waals surface area contributed by atoms with E-state index in [9.17, 15) is 10.5 Å². The van der Waals surface area contributed by atoms with Crippen molar-refractivity contribution in [2.24, 2.45) is 0 Å². The van der Waals surface area contributed by atoms with Gasteiger partial charge in [-0.05, 0) is 141 Å². The summed E-state index contributed by atoms with van der Waals surface area (Å²) in [6.45, 7) is 0. The highest BCUT2D eigenvalue weighted by atomic mass is 19.4. The third-order valence-electron chi connectivity index (χ3n) is 14.6. The zero-order chi connectivity index (χ0) is 51.5. The van der Waals surface area contributed by atoms with Crippen molar-refractivity contribution < 1.29 is 13.2 Å². The average molecular weight is 983 g/mol. The van der Waals surface area contributed by atoms with E-state index in [0.717, 1.165) is 94.2 Å². The molecule has 4 nitrogen and oxygen atoms in total. The van der Waals surface area contributed by atoms with Crippen LogP contribution in [0.5, 0.6) is 0 Å². The zero-order valence-corrected chi connectivity index (χ0v) is 40.6. The Bertz CT molecular complexity index is 4310. The minimum atomic E-state index is -4.78. The molecular weight excluding hydrogens is 942 g/mol. The van der Waals surface area contributed by atoms with E-state index in [1.807, 2.05) is 97.1 Å². The van der Waals surface area contributed by atoms with Crippen LogP contribution >= 0.6 is 0 Å². The molecule has 2 heterocycles. The minimum Gasteiger partial charge on any atom is -0.309 e. The second-order valence-electron chi connectivity index (χ2n) is 19.0. The van der Waals surface area contributed by atoms with Gasteiger partial charge >= 0.3 is 6.18 Å². The molecule has 11 aromatic carbocycles. The van der Waals surface area contributed by atoms with Crippen LogP contribution in [0.25, 0.3) is 122 Å². The van der Waals surface area contributed by atoms with Gasteiger partial charge in [-0.3, -0.25) is 0 Å². The number of benzene rings is 11. The van der Waals surface area contributed by atoms with Gasteiger partial charge in [0, 0.05) is 32.7 Å². The highest BCUT2D eigenvalue weighted by Gasteiger charge is 2.35. The van der Waals surface area contributed by atoms with E-state index in [1.54, 1.807) is 18.2 Å². The summed E-state index contributed by atoms with van der Waals surface area (Å²) in [6.07, 6.45) is -4.78. The van der Waals surface area contributed by atoms with E-state index in [4.69, 9.17) is 0 Å². The van der Waals surface area contributed by atoms with Gasteiger partial charge in [0.05, 0.1) is 62.3 Å². The van der Waals surface area contributed by atoms with Crippen molar-refractivity contribution in [3.05, 3.63) is 265 Å². The summed E-state index contributed by atoms with van der Waals surface area (Å²) >= 11 is 0. The van der Waals surface area contributed by atoms with Crippen LogP contribution in [0.1, 0.15) is 16.7 Å². The lowest BCUT2D eigenvalue weighted by molar-refractivity contribution is -0.137. The van der Waals surface area contributed by atoms with Gasteiger partial charge in [-0.25, -0.2) is 0 Å². The second kappa shape index (κ2) is 18.4. The first-order valence-electron chi connectivity index (χ1n) is 24.9. The molecule has 0 atom stereocenters. The first-order chi connectivity index (χ1) is 37.2. The Morgan fingerprint density at radius 3 is 1.12 bits per heavy atom. The summed E-state index contributed by atoms with van der Waals surface area (Å²) in [5.41, 5.74) is 13.8. The van der Waals surface area contributed by atoms with E-state index >= 15 is 13.2 Å². The van der Waals surface area contributed by atoms with Crippen molar-refractivity contribution in [2.45, 2.75) is 6.18 Å². The summed E-state index contributed by atoms with van der Waals surface area (Å²) in [5.74, 6) is 0. The number of fused-ring (bicyclic) bond motifs is 6. The lowest BCUT2D eigenvalue weighted by atomic mass is 9.90. The highest BCUT2D eigenvalue weighted by Crippen LogP contribution is 2.47. The fraction of sp³-hybridized carbons (Fsp3) is 0.0145. The molecule has 0 N–H and O–H groups in total. The largest absolute Gasteiger partial charge is 0.417 e. The highest BCUT2D eigenvalue weighted by molar-refractivity contribution is 6.14. The predicted molar refractivity (Wildman–Crippen MR) is 302 cm³/mol. The zero-order valence-electron chi connectivity index (χ0n) is 40.6. The van der Waals surface area contributed by atoms with Crippen molar-refractivity contribution in [2.75, 3.05) is 0 Å². The topological polar surface area (TPSA) is 57.4 Å². The Morgan fingerprint density at radius 2 is 0.724 bits per heavy atom. The molecule has 0 aliphatic carbocycles. The molecule has 0 saturated carbocycles. The van der Waals surface area contributed by atoms with Crippen LogP contribution < -0.4 is 0 Å². The number of hydrogen-bond donors (Lipinski definition) is 0. The van der Waals surface area contributed by atoms with Crippen LogP contribution in [0.4, 0.5) is 13.2 Å². The van der Waals surface area contributed by atoms with Gasteiger partial charge in [-0.15, -0.1) is 0 Å². The van der Waals surface area contributed by atoms with Gasteiger partial charge < -0.3 is 9.13 Å². The van der Waals surface area contributed by atoms with E-state index in [0.29, 0.717) is 28.1 Å². The molecule has 7 heteroatoms. The molecule has 13 aromatic rings. The van der Waals surface area contributed by atoms with Crippen LogP contribution in [-0.4, -0.2) is 9.13 Å². The number of alkyl halides is 3. The molecule has 0 aliphatic rings. The van der Waals surface area contributed by atoms with Crippen molar-refractivity contribution in [3.8, 4) is 90.3 Å². The molecule has 0 spiro atoms. The molecular formula is C69H41F3N4. The van der Waals surface area contributed by atoms with Crippen LogP contribution in [0, 0.1) is 22.7 Å². The monoisotopic (exact) mass is 982 g/mol. The van der Waals surface area contributed by atoms with Gasteiger partial charge in [-0.2, -0.15) is 23.7 Å². The normalized spacial score (nSPS) is 11.6. The number of hydrogen-bond acceptors (Lipinski definition) is 2. The predicted octanol–water partition coefficient (Wildman–Crippen LogP) is 18.6. The number of nitrogens with zero attached hydrogens (tertiary/aromatic N) is 4. The lowest BCUT2D eigenvalue weighted by Crippen LogP contribution is -2.08. The molecule has 2 aromatic heterocycles. The molecule has 358 valence electrons. The summed E-state index contributed by atoms with van der Waals surface area (Å²) in [4.78, 5) is 0. The minimum absolute atomic E-state index is 0.0868. The molecule has 13 rings (SSSR count). The Kier molecular flexibility index (Phi) is 11.0. The standard InChI is InChI=1S/C69H41F3N4/c70-69(71,72)61-36-44(42-73)24-30-55(61)53-29-35-66(75-62-31-25-49(45-14-5-1-6-15-45)37-56(62)57-38-50(26-32-63(57)75)46-16-7-2-8-17-46)60(41-53)68-54(43-74)22-13-23-67(68)76-64-33-27-51(47-18-9-3-10-19-47)39-58(64)59-40-52(28-34-65(59)76)48-20-11-4-12-21-48/h1-41H. The molecule has 0 fully saturated rings. The van der Waals surface area contributed by atoms with Gasteiger partial charge in [0.2, 0.25) is 0 Å². The first kappa shape index (κ1) is 45.6. The summed E-state index contributed by atoms with van der Waals surface area (Å²) in [5, 5.41) is 25.1. The Labute approximate surface area is 436 Å². The van der Waals surface area contributed by atoms with Crippen molar-refractivity contribution >= 4 is 43.6 Å². The summed E-state index contributed by atoms with van der Waals surface area (Å²) < 4.78 is 50.0. The summed E-state index contributed by atoms with van der Waals surface area (Å²) in [6, 6.07) is 85.8. The maximum Gasteiger partial charge on any atom is 0.417 e. The van der Waals surface area contributed by atoms with Crippen LogP contribution in [-0.2, 0) is 6.18 Å². The smallest absolute Gasteiger partial charge is 0.309 e. The summed E-state index contributed by atoms with van der Waals surface area (Å²) in [7, 11) is 0. The Hall–Kier alpha value is -10.2. The molecule has 0 bridgehead atoms. The molecule has 0 unspecified atom stereocenters. The van der Waals surface area contributed by atoms with Gasteiger partial charge in [0.15, 0.2) is 0 Å². The quantitative estimate of drug-likeness (QED) is 0.152. The van der Waals surface area contributed by atoms with Gasteiger partial charge in [0.25, 0.3) is 0 Å². The number of halogens is 3. The fourth-order valence-electron chi connectivity index (χ4n) is 11.1. The fourth-order valence-corrected chi connectivity index (χ4v) is 11.1. The number of nitriles is 2. The van der Waals surface area contributed by atoms with Crippen LogP contribution in [0.3, 0.4) is 0 Å². The van der Waals surface area contributed by atoms with Crippen molar-refractivity contribution in [3.63, 3.8) is 0 Å². The maximum absolute atomic E-state index is 15.2. The van der Waals surface area contributed by atoms with Crippen molar-refractivity contribution in [1.82, 2.24) is 9.13 Å². The number of aromatic nitrogens is 2. The van der Waals surface area contributed by atoms with Gasteiger partial charge in [0.1, 0.15) is 0 Å². The molecule has 0 radical (unpaired) electrons. The maximum atomic E-state index is 15.2.